The highest BCUT2D eigenvalue weighted by atomic mass is 16.6. The van der Waals surface area contributed by atoms with Gasteiger partial charge in [0.25, 0.3) is 0 Å². The standard InChI is InChI=1S/C14H20N6O2/c1-3-22-14(21)19-8-6-18(7-9-19)11-4-5-12-16-13(15)17-20(12)10(11)2/h4-5H,3,6-9H2,1-2H3,(H2,15,17). The van der Waals surface area contributed by atoms with Gasteiger partial charge in [0.1, 0.15) is 0 Å². The molecule has 1 aliphatic heterocycles. The number of pyridine rings is 1. The minimum absolute atomic E-state index is 0.238. The minimum atomic E-state index is -0.238. The van der Waals surface area contributed by atoms with E-state index >= 15 is 0 Å². The summed E-state index contributed by atoms with van der Waals surface area (Å²) in [6.07, 6.45) is -0.238. The van der Waals surface area contributed by atoms with E-state index in [9.17, 15) is 4.79 Å². The molecular weight excluding hydrogens is 284 g/mol. The number of nitrogen functional groups attached to an aromatic ring is 1. The summed E-state index contributed by atoms with van der Waals surface area (Å²) in [4.78, 5) is 19.9. The molecule has 1 amide bonds. The highest BCUT2D eigenvalue weighted by molar-refractivity contribution is 5.68. The number of aromatic nitrogens is 3. The van der Waals surface area contributed by atoms with Crippen molar-refractivity contribution in [1.82, 2.24) is 19.5 Å². The largest absolute Gasteiger partial charge is 0.450 e. The summed E-state index contributed by atoms with van der Waals surface area (Å²) in [6.45, 7) is 7.03. The molecule has 2 aromatic rings. The number of aryl methyl sites for hydroxylation is 1. The molecule has 0 spiro atoms. The summed E-state index contributed by atoms with van der Waals surface area (Å²) < 4.78 is 6.79. The summed E-state index contributed by atoms with van der Waals surface area (Å²) in [5.74, 6) is 0.271. The Morgan fingerprint density at radius 1 is 1.32 bits per heavy atom. The zero-order valence-electron chi connectivity index (χ0n) is 12.8. The molecular formula is C14H20N6O2. The first-order valence-electron chi connectivity index (χ1n) is 7.38. The second kappa shape index (κ2) is 5.70. The number of amides is 1. The van der Waals surface area contributed by atoms with E-state index < -0.39 is 0 Å². The van der Waals surface area contributed by atoms with Gasteiger partial charge in [-0.15, -0.1) is 5.10 Å². The molecule has 8 nitrogen and oxygen atoms in total. The molecule has 118 valence electrons. The second-order valence-electron chi connectivity index (χ2n) is 5.22. The molecule has 0 aliphatic carbocycles. The lowest BCUT2D eigenvalue weighted by Crippen LogP contribution is -2.49. The topological polar surface area (TPSA) is 89.0 Å². The van der Waals surface area contributed by atoms with Crippen molar-refractivity contribution < 1.29 is 9.53 Å². The Morgan fingerprint density at radius 2 is 2.05 bits per heavy atom. The number of fused-ring (bicyclic) bond motifs is 1. The lowest BCUT2D eigenvalue weighted by molar-refractivity contribution is 0.105. The number of ether oxygens (including phenoxy) is 1. The Kier molecular flexibility index (Phi) is 3.74. The second-order valence-corrected chi connectivity index (χ2v) is 5.22. The number of carbonyl (C=O) groups excluding carboxylic acids is 1. The fourth-order valence-corrected chi connectivity index (χ4v) is 2.76. The summed E-state index contributed by atoms with van der Waals surface area (Å²) in [5.41, 5.74) is 8.47. The van der Waals surface area contributed by atoms with Gasteiger partial charge in [-0.2, -0.15) is 4.98 Å². The Balaban J connectivity index is 1.76. The molecule has 0 unspecified atom stereocenters. The Morgan fingerprint density at radius 3 is 2.73 bits per heavy atom. The van der Waals surface area contributed by atoms with Crippen LogP contribution in [0.4, 0.5) is 16.4 Å². The van der Waals surface area contributed by atoms with Crippen LogP contribution in [0.15, 0.2) is 12.1 Å². The maximum atomic E-state index is 11.7. The molecule has 22 heavy (non-hydrogen) atoms. The predicted molar refractivity (Wildman–Crippen MR) is 82.9 cm³/mol. The van der Waals surface area contributed by atoms with Gasteiger partial charge >= 0.3 is 6.09 Å². The van der Waals surface area contributed by atoms with Crippen molar-refractivity contribution in [3.05, 3.63) is 17.8 Å². The number of piperazine rings is 1. The van der Waals surface area contributed by atoms with E-state index in [1.807, 2.05) is 26.0 Å². The first kappa shape index (κ1) is 14.4. The van der Waals surface area contributed by atoms with E-state index in [2.05, 4.69) is 15.0 Å². The lowest BCUT2D eigenvalue weighted by atomic mass is 10.2. The summed E-state index contributed by atoms with van der Waals surface area (Å²) in [7, 11) is 0. The maximum Gasteiger partial charge on any atom is 0.409 e. The van der Waals surface area contributed by atoms with Gasteiger partial charge in [-0.05, 0) is 26.0 Å². The van der Waals surface area contributed by atoms with Crippen molar-refractivity contribution >= 4 is 23.4 Å². The van der Waals surface area contributed by atoms with Gasteiger partial charge < -0.3 is 20.3 Å². The van der Waals surface area contributed by atoms with Gasteiger partial charge in [0, 0.05) is 26.2 Å². The number of anilines is 2. The van der Waals surface area contributed by atoms with Crippen LogP contribution in [0, 0.1) is 6.92 Å². The Labute approximate surface area is 128 Å². The molecule has 8 heteroatoms. The molecule has 0 aromatic carbocycles. The van der Waals surface area contributed by atoms with Gasteiger partial charge in [-0.25, -0.2) is 9.31 Å². The van der Waals surface area contributed by atoms with E-state index in [4.69, 9.17) is 10.5 Å². The number of rotatable bonds is 2. The van der Waals surface area contributed by atoms with E-state index in [1.165, 1.54) is 0 Å². The molecule has 1 fully saturated rings. The highest BCUT2D eigenvalue weighted by Gasteiger charge is 2.23. The summed E-state index contributed by atoms with van der Waals surface area (Å²) >= 11 is 0. The fraction of sp³-hybridized carbons (Fsp3) is 0.500. The average Bonchev–Trinajstić information content (AvgIpc) is 2.90. The van der Waals surface area contributed by atoms with Crippen LogP contribution in [0.25, 0.3) is 5.65 Å². The quantitative estimate of drug-likeness (QED) is 0.886. The smallest absolute Gasteiger partial charge is 0.409 e. The highest BCUT2D eigenvalue weighted by Crippen LogP contribution is 2.22. The normalized spacial score (nSPS) is 15.4. The van der Waals surface area contributed by atoms with E-state index in [1.54, 1.807) is 9.42 Å². The SMILES string of the molecule is CCOC(=O)N1CCN(c2ccc3nc(N)nn3c2C)CC1. The molecule has 0 atom stereocenters. The van der Waals surface area contributed by atoms with Crippen LogP contribution in [-0.2, 0) is 4.74 Å². The van der Waals surface area contributed by atoms with Crippen molar-refractivity contribution in [3.8, 4) is 0 Å². The number of nitrogens with zero attached hydrogens (tertiary/aromatic N) is 5. The average molecular weight is 304 g/mol. The van der Waals surface area contributed by atoms with Crippen LogP contribution in [-0.4, -0.2) is 58.4 Å². The summed E-state index contributed by atoms with van der Waals surface area (Å²) in [5, 5.41) is 4.21. The first-order valence-corrected chi connectivity index (χ1v) is 7.38. The molecule has 3 rings (SSSR count). The first-order chi connectivity index (χ1) is 10.6. The molecule has 1 saturated heterocycles. The van der Waals surface area contributed by atoms with Crippen molar-refractivity contribution in [2.45, 2.75) is 13.8 Å². The molecule has 0 bridgehead atoms. The maximum absolute atomic E-state index is 11.7. The van der Waals surface area contributed by atoms with Crippen LogP contribution >= 0.6 is 0 Å². The third kappa shape index (κ3) is 2.51. The van der Waals surface area contributed by atoms with Crippen LogP contribution in [0.1, 0.15) is 12.6 Å². The van der Waals surface area contributed by atoms with Gasteiger partial charge in [0.15, 0.2) is 5.65 Å². The Hall–Kier alpha value is -2.51. The van der Waals surface area contributed by atoms with Crippen molar-refractivity contribution in [2.75, 3.05) is 43.4 Å². The van der Waals surface area contributed by atoms with Crippen molar-refractivity contribution in [2.24, 2.45) is 0 Å². The van der Waals surface area contributed by atoms with E-state index in [0.717, 1.165) is 30.1 Å². The zero-order valence-corrected chi connectivity index (χ0v) is 12.8. The van der Waals surface area contributed by atoms with Crippen molar-refractivity contribution in [3.63, 3.8) is 0 Å². The van der Waals surface area contributed by atoms with Crippen LogP contribution in [0.3, 0.4) is 0 Å². The third-order valence-electron chi connectivity index (χ3n) is 3.87. The van der Waals surface area contributed by atoms with E-state index in [-0.39, 0.29) is 12.0 Å². The molecule has 2 aromatic heterocycles. The van der Waals surface area contributed by atoms with Crippen LogP contribution < -0.4 is 10.6 Å². The number of carbonyl (C=O) groups is 1. The molecule has 1 aliphatic rings. The number of hydrogen-bond acceptors (Lipinski definition) is 6. The van der Waals surface area contributed by atoms with Gasteiger partial charge in [0.05, 0.1) is 18.0 Å². The molecule has 3 heterocycles. The van der Waals surface area contributed by atoms with Crippen LogP contribution in [0.5, 0.6) is 0 Å². The van der Waals surface area contributed by atoms with Crippen molar-refractivity contribution in [1.29, 1.82) is 0 Å². The third-order valence-corrected chi connectivity index (χ3v) is 3.87. The zero-order chi connectivity index (χ0) is 15.7. The van der Waals surface area contributed by atoms with Gasteiger partial charge in [-0.3, -0.25) is 0 Å². The fourth-order valence-electron chi connectivity index (χ4n) is 2.76. The Bertz CT molecular complexity index is 690. The number of hydrogen-bond donors (Lipinski definition) is 1. The lowest BCUT2D eigenvalue weighted by Gasteiger charge is -2.36. The molecule has 2 N–H and O–H groups in total. The molecule has 0 radical (unpaired) electrons. The van der Waals surface area contributed by atoms with Gasteiger partial charge in [-0.1, -0.05) is 0 Å². The van der Waals surface area contributed by atoms with E-state index in [0.29, 0.717) is 19.7 Å². The monoisotopic (exact) mass is 304 g/mol. The summed E-state index contributed by atoms with van der Waals surface area (Å²) in [6, 6.07) is 3.93. The van der Waals surface area contributed by atoms with Crippen LogP contribution in [0.2, 0.25) is 0 Å². The van der Waals surface area contributed by atoms with Gasteiger partial charge in [0.2, 0.25) is 5.95 Å². The minimum Gasteiger partial charge on any atom is -0.450 e. The number of nitrogens with two attached hydrogens (primary N) is 1. The molecule has 0 saturated carbocycles. The predicted octanol–water partition coefficient (Wildman–Crippen LogP) is 0.898.